The van der Waals surface area contributed by atoms with Gasteiger partial charge in [-0.3, -0.25) is 9.59 Å². The van der Waals surface area contributed by atoms with Crippen LogP contribution in [-0.2, 0) is 0 Å². The molecule has 1 atom stereocenters. The molecule has 0 aliphatic heterocycles. The molecule has 2 aromatic rings. The monoisotopic (exact) mass is 234 g/mol. The number of aromatic nitrogens is 2. The van der Waals surface area contributed by atoms with Gasteiger partial charge in [0.05, 0.1) is 17.1 Å². The zero-order valence-corrected chi connectivity index (χ0v) is 9.49. The molecular weight excluding hydrogens is 220 g/mol. The summed E-state index contributed by atoms with van der Waals surface area (Å²) in [5.41, 5.74) is 0.477. The SMILES string of the molecule is CCCC(O)c1ccc2[nH]c(=O)c(=O)[nH]c2c1. The third-order valence-corrected chi connectivity index (χ3v) is 2.69. The lowest BCUT2D eigenvalue weighted by atomic mass is 10.0. The first-order chi connectivity index (χ1) is 8.11. The highest BCUT2D eigenvalue weighted by Gasteiger charge is 2.07. The summed E-state index contributed by atoms with van der Waals surface area (Å²) in [4.78, 5) is 27.2. The van der Waals surface area contributed by atoms with Gasteiger partial charge in [-0.05, 0) is 24.1 Å². The molecule has 17 heavy (non-hydrogen) atoms. The maximum absolute atomic E-state index is 11.2. The third-order valence-electron chi connectivity index (χ3n) is 2.69. The molecule has 1 aromatic carbocycles. The zero-order valence-electron chi connectivity index (χ0n) is 9.49. The summed E-state index contributed by atoms with van der Waals surface area (Å²) in [5, 5.41) is 9.84. The van der Waals surface area contributed by atoms with Gasteiger partial charge in [0, 0.05) is 0 Å². The average Bonchev–Trinajstić information content (AvgIpc) is 2.30. The largest absolute Gasteiger partial charge is 0.388 e. The molecule has 1 unspecified atom stereocenters. The summed E-state index contributed by atoms with van der Waals surface area (Å²) in [7, 11) is 0. The highest BCUT2D eigenvalue weighted by Crippen LogP contribution is 2.20. The number of aliphatic hydroxyl groups is 1. The first-order valence-corrected chi connectivity index (χ1v) is 5.56. The number of benzene rings is 1. The summed E-state index contributed by atoms with van der Waals surface area (Å²) in [6, 6.07) is 5.12. The van der Waals surface area contributed by atoms with Gasteiger partial charge in [0.15, 0.2) is 0 Å². The summed E-state index contributed by atoms with van der Waals surface area (Å²) >= 11 is 0. The van der Waals surface area contributed by atoms with Gasteiger partial charge < -0.3 is 15.1 Å². The second kappa shape index (κ2) is 4.55. The Balaban J connectivity index is 2.54. The Morgan fingerprint density at radius 3 is 2.47 bits per heavy atom. The molecule has 0 bridgehead atoms. The molecule has 0 aliphatic rings. The van der Waals surface area contributed by atoms with Crippen LogP contribution in [0.25, 0.3) is 11.0 Å². The fourth-order valence-electron chi connectivity index (χ4n) is 1.78. The maximum atomic E-state index is 11.2. The van der Waals surface area contributed by atoms with E-state index in [-0.39, 0.29) is 0 Å². The molecule has 1 heterocycles. The van der Waals surface area contributed by atoms with Gasteiger partial charge in [-0.15, -0.1) is 0 Å². The normalized spacial score (nSPS) is 12.8. The smallest absolute Gasteiger partial charge is 0.314 e. The van der Waals surface area contributed by atoms with Gasteiger partial charge in [0.1, 0.15) is 0 Å². The van der Waals surface area contributed by atoms with Gasteiger partial charge in [-0.25, -0.2) is 0 Å². The van der Waals surface area contributed by atoms with Crippen molar-refractivity contribution in [3.63, 3.8) is 0 Å². The van der Waals surface area contributed by atoms with Crippen LogP contribution in [0.4, 0.5) is 0 Å². The molecule has 0 saturated carbocycles. The predicted molar refractivity (Wildman–Crippen MR) is 65.1 cm³/mol. The van der Waals surface area contributed by atoms with Crippen LogP contribution in [0.15, 0.2) is 27.8 Å². The van der Waals surface area contributed by atoms with Crippen LogP contribution in [-0.4, -0.2) is 15.1 Å². The number of H-pyrrole nitrogens is 2. The number of nitrogens with one attached hydrogen (secondary N) is 2. The lowest BCUT2D eigenvalue weighted by molar-refractivity contribution is 0.166. The molecule has 0 fully saturated rings. The quantitative estimate of drug-likeness (QED) is 0.694. The minimum Gasteiger partial charge on any atom is -0.388 e. The molecule has 0 saturated heterocycles. The van der Waals surface area contributed by atoms with Crippen LogP contribution >= 0.6 is 0 Å². The molecule has 0 amide bonds. The molecule has 1 aromatic heterocycles. The third kappa shape index (κ3) is 2.29. The van der Waals surface area contributed by atoms with Crippen LogP contribution in [0.1, 0.15) is 31.4 Å². The van der Waals surface area contributed by atoms with Crippen molar-refractivity contribution in [2.75, 3.05) is 0 Å². The van der Waals surface area contributed by atoms with Crippen molar-refractivity contribution in [1.29, 1.82) is 0 Å². The van der Waals surface area contributed by atoms with Crippen molar-refractivity contribution < 1.29 is 5.11 Å². The number of aliphatic hydroxyl groups excluding tert-OH is 1. The Hall–Kier alpha value is -1.88. The van der Waals surface area contributed by atoms with Crippen molar-refractivity contribution >= 4 is 11.0 Å². The van der Waals surface area contributed by atoms with Gasteiger partial charge in [-0.2, -0.15) is 0 Å². The van der Waals surface area contributed by atoms with Crippen molar-refractivity contribution in [1.82, 2.24) is 9.97 Å². The number of hydrogen-bond acceptors (Lipinski definition) is 3. The van der Waals surface area contributed by atoms with Crippen LogP contribution in [0.2, 0.25) is 0 Å². The van der Waals surface area contributed by atoms with E-state index in [9.17, 15) is 14.7 Å². The summed E-state index contributed by atoms with van der Waals surface area (Å²) in [5.74, 6) is 0. The molecule has 0 radical (unpaired) electrons. The number of hydrogen-bond donors (Lipinski definition) is 3. The highest BCUT2D eigenvalue weighted by atomic mass is 16.3. The molecule has 3 N–H and O–H groups in total. The number of fused-ring (bicyclic) bond motifs is 1. The minimum absolute atomic E-state index is 0.530. The van der Waals surface area contributed by atoms with E-state index < -0.39 is 17.2 Å². The fraction of sp³-hybridized carbons (Fsp3) is 0.333. The Kier molecular flexibility index (Phi) is 3.10. The van der Waals surface area contributed by atoms with E-state index >= 15 is 0 Å². The maximum Gasteiger partial charge on any atom is 0.314 e. The van der Waals surface area contributed by atoms with Crippen molar-refractivity contribution in [3.8, 4) is 0 Å². The van der Waals surface area contributed by atoms with Crippen LogP contribution < -0.4 is 11.1 Å². The molecule has 5 nitrogen and oxygen atoms in total. The second-order valence-electron chi connectivity index (χ2n) is 4.02. The van der Waals surface area contributed by atoms with E-state index in [1.165, 1.54) is 0 Å². The number of rotatable bonds is 3. The summed E-state index contributed by atoms with van der Waals surface area (Å²) < 4.78 is 0. The van der Waals surface area contributed by atoms with E-state index in [1.54, 1.807) is 18.2 Å². The molecule has 5 heteroatoms. The van der Waals surface area contributed by atoms with Crippen LogP contribution in [0.5, 0.6) is 0 Å². The second-order valence-corrected chi connectivity index (χ2v) is 4.02. The summed E-state index contributed by atoms with van der Waals surface area (Å²) in [6.45, 7) is 1.99. The molecule has 0 spiro atoms. The minimum atomic E-state index is -0.681. The molecule has 0 aliphatic carbocycles. The molecule has 2 rings (SSSR count). The first kappa shape index (κ1) is 11.6. The lowest BCUT2D eigenvalue weighted by Crippen LogP contribution is -2.28. The average molecular weight is 234 g/mol. The lowest BCUT2D eigenvalue weighted by Gasteiger charge is -2.10. The molecular formula is C12H14N2O3. The Bertz CT molecular complexity index is 642. The first-order valence-electron chi connectivity index (χ1n) is 5.56. The molecule has 90 valence electrons. The van der Waals surface area contributed by atoms with E-state index in [2.05, 4.69) is 9.97 Å². The van der Waals surface area contributed by atoms with Crippen molar-refractivity contribution in [2.45, 2.75) is 25.9 Å². The van der Waals surface area contributed by atoms with Gasteiger partial charge >= 0.3 is 11.1 Å². The van der Waals surface area contributed by atoms with Crippen molar-refractivity contribution in [3.05, 3.63) is 44.5 Å². The number of aromatic amines is 2. The van der Waals surface area contributed by atoms with E-state index in [1.807, 2.05) is 6.92 Å². The Labute approximate surface area is 97.1 Å². The van der Waals surface area contributed by atoms with E-state index in [0.29, 0.717) is 17.5 Å². The van der Waals surface area contributed by atoms with Gasteiger partial charge in [0.25, 0.3) is 0 Å². The zero-order chi connectivity index (χ0) is 12.4. The fourth-order valence-corrected chi connectivity index (χ4v) is 1.78. The van der Waals surface area contributed by atoms with Crippen LogP contribution in [0, 0.1) is 0 Å². The standard InChI is InChI=1S/C12H14N2O3/c1-2-3-10(15)7-4-5-8-9(6-7)14-12(17)11(16)13-8/h4-6,10,15H,2-3H2,1H3,(H,13,16)(H,14,17). The topological polar surface area (TPSA) is 85.9 Å². The van der Waals surface area contributed by atoms with E-state index in [0.717, 1.165) is 12.0 Å². The van der Waals surface area contributed by atoms with Gasteiger partial charge in [-0.1, -0.05) is 19.4 Å². The summed E-state index contributed by atoms with van der Waals surface area (Å²) in [6.07, 6.45) is 1.00. The van der Waals surface area contributed by atoms with E-state index in [4.69, 9.17) is 0 Å². The van der Waals surface area contributed by atoms with Gasteiger partial charge in [0.2, 0.25) is 0 Å². The Morgan fingerprint density at radius 1 is 1.18 bits per heavy atom. The van der Waals surface area contributed by atoms with Crippen molar-refractivity contribution in [2.24, 2.45) is 0 Å². The predicted octanol–water partition coefficient (Wildman–Crippen LogP) is 1.05. The van der Waals surface area contributed by atoms with Crippen LogP contribution in [0.3, 0.4) is 0 Å². The highest BCUT2D eigenvalue weighted by molar-refractivity contribution is 5.74. The Morgan fingerprint density at radius 2 is 1.82 bits per heavy atom.